The highest BCUT2D eigenvalue weighted by Crippen LogP contribution is 1.94. The summed E-state index contributed by atoms with van der Waals surface area (Å²) in [6.07, 6.45) is 0. The fraction of sp³-hybridized carbons (Fsp3) is 0.846. The van der Waals surface area contributed by atoms with Crippen molar-refractivity contribution < 1.29 is 19.1 Å². The molecule has 0 radical (unpaired) electrons. The summed E-state index contributed by atoms with van der Waals surface area (Å²) in [5, 5.41) is 2.75. The van der Waals surface area contributed by atoms with Crippen molar-refractivity contribution >= 4 is 11.7 Å². The summed E-state index contributed by atoms with van der Waals surface area (Å²) in [7, 11) is 0. The normalized spacial score (nSPS) is 11.0. The van der Waals surface area contributed by atoms with Crippen LogP contribution in [0.3, 0.4) is 0 Å². The molecule has 0 aliphatic carbocycles. The minimum absolute atomic E-state index is 0.00673. The summed E-state index contributed by atoms with van der Waals surface area (Å²) in [5.74, 6) is 0.374. The molecule has 0 heterocycles. The largest absolute Gasteiger partial charge is 0.371 e. The van der Waals surface area contributed by atoms with E-state index in [0.717, 1.165) is 0 Å². The second-order valence-electron chi connectivity index (χ2n) is 4.92. The molecule has 0 spiro atoms. The first-order valence-corrected chi connectivity index (χ1v) is 6.38. The summed E-state index contributed by atoms with van der Waals surface area (Å²) in [6, 6.07) is 0. The van der Waals surface area contributed by atoms with Gasteiger partial charge in [0.2, 0.25) is 5.91 Å². The summed E-state index contributed by atoms with van der Waals surface area (Å²) >= 11 is 0. The van der Waals surface area contributed by atoms with Crippen LogP contribution in [0, 0.1) is 11.8 Å². The van der Waals surface area contributed by atoms with E-state index in [9.17, 15) is 9.59 Å². The Bertz CT molecular complexity index is 251. The highest BCUT2D eigenvalue weighted by Gasteiger charge is 2.06. The molecule has 1 N–H and O–H groups in total. The molecule has 5 heteroatoms. The monoisotopic (exact) mass is 259 g/mol. The molecule has 0 aromatic carbocycles. The molecule has 0 aliphatic heterocycles. The number of nitrogens with one attached hydrogen (secondary N) is 1. The van der Waals surface area contributed by atoms with Gasteiger partial charge in [0.05, 0.1) is 13.2 Å². The number of carbonyl (C=O) groups excluding carboxylic acids is 2. The Kier molecular flexibility index (Phi) is 9.50. The van der Waals surface area contributed by atoms with Gasteiger partial charge >= 0.3 is 0 Å². The van der Waals surface area contributed by atoms with Crippen LogP contribution in [0.25, 0.3) is 0 Å². The van der Waals surface area contributed by atoms with Gasteiger partial charge in [0.25, 0.3) is 0 Å². The van der Waals surface area contributed by atoms with Crippen LogP contribution in [0.1, 0.15) is 27.7 Å². The van der Waals surface area contributed by atoms with Crippen LogP contribution >= 0.6 is 0 Å². The smallest absolute Gasteiger partial charge is 0.246 e. The zero-order valence-electron chi connectivity index (χ0n) is 11.8. The Labute approximate surface area is 109 Å². The Balaban J connectivity index is 3.35. The van der Waals surface area contributed by atoms with E-state index < -0.39 is 0 Å². The molecule has 0 aliphatic rings. The van der Waals surface area contributed by atoms with Gasteiger partial charge < -0.3 is 14.8 Å². The number of Topliss-reactive ketones (excluding diaryl/α,β-unsaturated/α-hetero) is 1. The number of amides is 1. The topological polar surface area (TPSA) is 64.6 Å². The van der Waals surface area contributed by atoms with Gasteiger partial charge in [-0.25, -0.2) is 0 Å². The summed E-state index contributed by atoms with van der Waals surface area (Å²) in [6.45, 7) is 9.18. The predicted molar refractivity (Wildman–Crippen MR) is 69.3 cm³/mol. The first-order chi connectivity index (χ1) is 8.43. The summed E-state index contributed by atoms with van der Waals surface area (Å²) < 4.78 is 10.3. The standard InChI is InChI=1S/C13H25NO4/c1-10(2)7-14-13(16)9-18-6-5-17-8-12(15)11(3)4/h10-11H,5-9H2,1-4H3,(H,14,16). The van der Waals surface area contributed by atoms with E-state index in [-0.39, 0.29) is 30.8 Å². The third-order valence-corrected chi connectivity index (χ3v) is 2.20. The van der Waals surface area contributed by atoms with Crippen molar-refractivity contribution in [2.75, 3.05) is 33.0 Å². The Morgan fingerprint density at radius 3 is 2.06 bits per heavy atom. The minimum Gasteiger partial charge on any atom is -0.371 e. The van der Waals surface area contributed by atoms with Gasteiger partial charge in [-0.3, -0.25) is 9.59 Å². The third-order valence-electron chi connectivity index (χ3n) is 2.20. The van der Waals surface area contributed by atoms with E-state index in [1.54, 1.807) is 0 Å². The summed E-state index contributed by atoms with van der Waals surface area (Å²) in [5.41, 5.74) is 0. The molecule has 0 aromatic rings. The predicted octanol–water partition coefficient (Wildman–Crippen LogP) is 1.02. The van der Waals surface area contributed by atoms with Gasteiger partial charge in [-0.15, -0.1) is 0 Å². The fourth-order valence-corrected chi connectivity index (χ4v) is 0.991. The Morgan fingerprint density at radius 1 is 1.00 bits per heavy atom. The molecular formula is C13H25NO4. The van der Waals surface area contributed by atoms with E-state index >= 15 is 0 Å². The SMILES string of the molecule is CC(C)CNC(=O)COCCOCC(=O)C(C)C. The van der Waals surface area contributed by atoms with Crippen LogP contribution in [-0.4, -0.2) is 44.7 Å². The number of ether oxygens (including phenoxy) is 2. The van der Waals surface area contributed by atoms with Crippen LogP contribution < -0.4 is 5.32 Å². The van der Waals surface area contributed by atoms with Gasteiger partial charge in [-0.2, -0.15) is 0 Å². The van der Waals surface area contributed by atoms with E-state index in [1.807, 2.05) is 27.7 Å². The Morgan fingerprint density at radius 2 is 1.56 bits per heavy atom. The molecule has 0 bridgehead atoms. The van der Waals surface area contributed by atoms with Crippen molar-refractivity contribution in [1.29, 1.82) is 0 Å². The van der Waals surface area contributed by atoms with Gasteiger partial charge in [-0.1, -0.05) is 27.7 Å². The van der Waals surface area contributed by atoms with E-state index in [2.05, 4.69) is 5.32 Å². The third kappa shape index (κ3) is 10.2. The van der Waals surface area contributed by atoms with Gasteiger partial charge in [0.15, 0.2) is 5.78 Å². The molecule has 0 aromatic heterocycles. The van der Waals surface area contributed by atoms with Crippen LogP contribution in [0.2, 0.25) is 0 Å². The molecule has 18 heavy (non-hydrogen) atoms. The molecule has 0 fully saturated rings. The van der Waals surface area contributed by atoms with Crippen molar-refractivity contribution in [3.63, 3.8) is 0 Å². The lowest BCUT2D eigenvalue weighted by molar-refractivity contribution is -0.129. The first-order valence-electron chi connectivity index (χ1n) is 6.38. The molecule has 0 unspecified atom stereocenters. The second-order valence-corrected chi connectivity index (χ2v) is 4.92. The van der Waals surface area contributed by atoms with E-state index in [0.29, 0.717) is 25.7 Å². The Hall–Kier alpha value is -0.940. The highest BCUT2D eigenvalue weighted by atomic mass is 16.5. The average Bonchev–Trinajstić information content (AvgIpc) is 2.30. The lowest BCUT2D eigenvalue weighted by atomic mass is 10.1. The quantitative estimate of drug-likeness (QED) is 0.595. The van der Waals surface area contributed by atoms with Gasteiger partial charge in [0, 0.05) is 12.5 Å². The maximum Gasteiger partial charge on any atom is 0.246 e. The molecule has 0 saturated heterocycles. The van der Waals surface area contributed by atoms with Crippen LogP contribution in [0.5, 0.6) is 0 Å². The van der Waals surface area contributed by atoms with Gasteiger partial charge in [0.1, 0.15) is 13.2 Å². The zero-order chi connectivity index (χ0) is 14.0. The van der Waals surface area contributed by atoms with Crippen LogP contribution in [0.4, 0.5) is 0 Å². The second kappa shape index (κ2) is 10.0. The van der Waals surface area contributed by atoms with Crippen molar-refractivity contribution in [1.82, 2.24) is 5.32 Å². The lowest BCUT2D eigenvalue weighted by Gasteiger charge is -2.08. The van der Waals surface area contributed by atoms with Crippen molar-refractivity contribution in [3.05, 3.63) is 0 Å². The van der Waals surface area contributed by atoms with E-state index in [4.69, 9.17) is 9.47 Å². The van der Waals surface area contributed by atoms with E-state index in [1.165, 1.54) is 0 Å². The summed E-state index contributed by atoms with van der Waals surface area (Å²) in [4.78, 5) is 22.4. The van der Waals surface area contributed by atoms with Gasteiger partial charge in [-0.05, 0) is 5.92 Å². The molecule has 106 valence electrons. The molecular weight excluding hydrogens is 234 g/mol. The van der Waals surface area contributed by atoms with Crippen molar-refractivity contribution in [3.8, 4) is 0 Å². The molecule has 0 saturated carbocycles. The number of carbonyl (C=O) groups is 2. The lowest BCUT2D eigenvalue weighted by Crippen LogP contribution is -2.31. The fourth-order valence-electron chi connectivity index (χ4n) is 0.991. The first kappa shape index (κ1) is 17.1. The average molecular weight is 259 g/mol. The highest BCUT2D eigenvalue weighted by molar-refractivity contribution is 5.81. The van der Waals surface area contributed by atoms with Crippen LogP contribution in [-0.2, 0) is 19.1 Å². The maximum absolute atomic E-state index is 11.2. The maximum atomic E-state index is 11.2. The number of ketones is 1. The molecule has 0 rings (SSSR count). The number of hydrogen-bond donors (Lipinski definition) is 1. The molecule has 5 nitrogen and oxygen atoms in total. The number of rotatable bonds is 10. The minimum atomic E-state index is -0.123. The molecule has 1 amide bonds. The van der Waals surface area contributed by atoms with Crippen LogP contribution in [0.15, 0.2) is 0 Å². The molecule has 0 atom stereocenters. The zero-order valence-corrected chi connectivity index (χ0v) is 11.8. The van der Waals surface area contributed by atoms with Crippen molar-refractivity contribution in [2.45, 2.75) is 27.7 Å². The van der Waals surface area contributed by atoms with Crippen molar-refractivity contribution in [2.24, 2.45) is 11.8 Å². The number of hydrogen-bond acceptors (Lipinski definition) is 4.